The molecule has 0 atom stereocenters. The fourth-order valence-corrected chi connectivity index (χ4v) is 1.20. The molecule has 0 aromatic heterocycles. The van der Waals surface area contributed by atoms with E-state index in [1.54, 1.807) is 0 Å². The van der Waals surface area contributed by atoms with Crippen LogP contribution in [0.2, 0.25) is 0 Å². The highest BCUT2D eigenvalue weighted by molar-refractivity contribution is 5.83. The Labute approximate surface area is 79.9 Å². The van der Waals surface area contributed by atoms with Gasteiger partial charge in [-0.15, -0.1) is 0 Å². The number of hydrogen-bond donors (Lipinski definition) is 1. The molecule has 0 spiro atoms. The summed E-state index contributed by atoms with van der Waals surface area (Å²) < 4.78 is 5.34. The maximum Gasteiger partial charge on any atom is 0.0964 e. The second-order valence-electron chi connectivity index (χ2n) is 3.37. The minimum atomic E-state index is 0.661. The lowest BCUT2D eigenvalue weighted by atomic mass is 10.3. The summed E-state index contributed by atoms with van der Waals surface area (Å²) in [6.45, 7) is 8.95. The van der Waals surface area contributed by atoms with Gasteiger partial charge in [-0.25, -0.2) is 0 Å². The molecule has 74 valence electrons. The van der Waals surface area contributed by atoms with Crippen molar-refractivity contribution in [2.75, 3.05) is 26.3 Å². The Morgan fingerprint density at radius 2 is 2.54 bits per heavy atom. The number of amidine groups is 1. The third kappa shape index (κ3) is 4.68. The van der Waals surface area contributed by atoms with Crippen LogP contribution in [0.5, 0.6) is 0 Å². The summed E-state index contributed by atoms with van der Waals surface area (Å²) in [4.78, 5) is 4.30. The molecule has 0 unspecified atom stereocenters. The first kappa shape index (κ1) is 10.3. The van der Waals surface area contributed by atoms with E-state index < -0.39 is 0 Å². The van der Waals surface area contributed by atoms with Crippen LogP contribution in [0.15, 0.2) is 17.1 Å². The maximum atomic E-state index is 5.34. The Morgan fingerprint density at radius 1 is 1.69 bits per heavy atom. The van der Waals surface area contributed by atoms with E-state index in [0.717, 1.165) is 37.5 Å². The molecule has 3 nitrogen and oxygen atoms in total. The molecule has 1 aliphatic heterocycles. The molecule has 3 heteroatoms. The minimum absolute atomic E-state index is 0.661. The molecular formula is C10H18N2O. The summed E-state index contributed by atoms with van der Waals surface area (Å²) >= 11 is 0. The van der Waals surface area contributed by atoms with Gasteiger partial charge in [-0.2, -0.15) is 0 Å². The first-order valence-electron chi connectivity index (χ1n) is 4.78. The van der Waals surface area contributed by atoms with Gasteiger partial charge in [0, 0.05) is 19.5 Å². The van der Waals surface area contributed by atoms with E-state index in [0.29, 0.717) is 6.61 Å². The lowest BCUT2D eigenvalue weighted by Gasteiger charge is -2.06. The van der Waals surface area contributed by atoms with Crippen LogP contribution in [-0.2, 0) is 4.74 Å². The average Bonchev–Trinajstić information content (AvgIpc) is 2.55. The Balaban J connectivity index is 1.92. The van der Waals surface area contributed by atoms with Crippen molar-refractivity contribution in [1.82, 2.24) is 5.32 Å². The number of nitrogens with one attached hydrogen (secondary N) is 1. The van der Waals surface area contributed by atoms with Gasteiger partial charge in [0.05, 0.1) is 19.0 Å². The maximum absolute atomic E-state index is 5.34. The first-order chi connectivity index (χ1) is 6.29. The third-order valence-corrected chi connectivity index (χ3v) is 1.80. The quantitative estimate of drug-likeness (QED) is 0.514. The van der Waals surface area contributed by atoms with Gasteiger partial charge in [0.25, 0.3) is 0 Å². The van der Waals surface area contributed by atoms with Crippen molar-refractivity contribution in [2.24, 2.45) is 4.99 Å². The summed E-state index contributed by atoms with van der Waals surface area (Å²) in [5.41, 5.74) is 1.07. The van der Waals surface area contributed by atoms with Gasteiger partial charge >= 0.3 is 0 Å². The van der Waals surface area contributed by atoms with Crippen LogP contribution in [0.4, 0.5) is 0 Å². The van der Waals surface area contributed by atoms with Gasteiger partial charge in [0.2, 0.25) is 0 Å². The second kappa shape index (κ2) is 5.75. The molecule has 0 fully saturated rings. The van der Waals surface area contributed by atoms with Crippen LogP contribution in [-0.4, -0.2) is 32.1 Å². The fraction of sp³-hybridized carbons (Fsp3) is 0.700. The topological polar surface area (TPSA) is 33.6 Å². The SMILES string of the molecule is C=C(C)COCCNC1=NCCC1. The normalized spacial score (nSPS) is 15.6. The average molecular weight is 182 g/mol. The summed E-state index contributed by atoms with van der Waals surface area (Å²) in [6, 6.07) is 0. The zero-order valence-electron chi connectivity index (χ0n) is 8.31. The zero-order valence-corrected chi connectivity index (χ0v) is 8.31. The minimum Gasteiger partial charge on any atom is -0.375 e. The van der Waals surface area contributed by atoms with Gasteiger partial charge in [-0.05, 0) is 13.3 Å². The monoisotopic (exact) mass is 182 g/mol. The van der Waals surface area contributed by atoms with E-state index >= 15 is 0 Å². The van der Waals surface area contributed by atoms with Crippen LogP contribution in [0.25, 0.3) is 0 Å². The highest BCUT2D eigenvalue weighted by atomic mass is 16.5. The molecule has 0 saturated heterocycles. The lowest BCUT2D eigenvalue weighted by molar-refractivity contribution is 0.161. The first-order valence-corrected chi connectivity index (χ1v) is 4.78. The van der Waals surface area contributed by atoms with Gasteiger partial charge in [0.1, 0.15) is 0 Å². The molecule has 1 N–H and O–H groups in total. The predicted octanol–water partition coefficient (Wildman–Crippen LogP) is 1.36. The molecule has 0 aromatic carbocycles. The standard InChI is InChI=1S/C10H18N2O/c1-9(2)8-13-7-6-12-10-4-3-5-11-10/h1,3-8H2,2H3,(H,11,12). The molecule has 13 heavy (non-hydrogen) atoms. The Morgan fingerprint density at radius 3 is 3.15 bits per heavy atom. The second-order valence-corrected chi connectivity index (χ2v) is 3.37. The molecule has 0 amide bonds. The van der Waals surface area contributed by atoms with E-state index in [4.69, 9.17) is 4.74 Å². The Bertz CT molecular complexity index is 199. The zero-order chi connectivity index (χ0) is 9.52. The summed E-state index contributed by atoms with van der Waals surface area (Å²) in [7, 11) is 0. The molecular weight excluding hydrogens is 164 g/mol. The molecule has 1 heterocycles. The Kier molecular flexibility index (Phi) is 4.54. The van der Waals surface area contributed by atoms with E-state index in [2.05, 4.69) is 16.9 Å². The third-order valence-electron chi connectivity index (χ3n) is 1.80. The van der Waals surface area contributed by atoms with Crippen molar-refractivity contribution in [3.63, 3.8) is 0 Å². The summed E-state index contributed by atoms with van der Waals surface area (Å²) in [5.74, 6) is 1.14. The molecule has 0 aromatic rings. The van der Waals surface area contributed by atoms with Crippen LogP contribution in [0.3, 0.4) is 0 Å². The molecule has 1 aliphatic rings. The van der Waals surface area contributed by atoms with Crippen molar-refractivity contribution in [3.05, 3.63) is 12.2 Å². The predicted molar refractivity (Wildman–Crippen MR) is 55.2 cm³/mol. The summed E-state index contributed by atoms with van der Waals surface area (Å²) in [6.07, 6.45) is 2.29. The lowest BCUT2D eigenvalue weighted by Crippen LogP contribution is -2.25. The highest BCUT2D eigenvalue weighted by Gasteiger charge is 2.03. The van der Waals surface area contributed by atoms with Gasteiger partial charge in [-0.1, -0.05) is 12.2 Å². The van der Waals surface area contributed by atoms with Crippen LogP contribution in [0, 0.1) is 0 Å². The van der Waals surface area contributed by atoms with Gasteiger partial charge in [-0.3, -0.25) is 4.99 Å². The van der Waals surface area contributed by atoms with Gasteiger partial charge in [0.15, 0.2) is 0 Å². The molecule has 1 rings (SSSR count). The number of nitrogens with zero attached hydrogens (tertiary/aromatic N) is 1. The molecule has 0 bridgehead atoms. The van der Waals surface area contributed by atoms with Crippen LogP contribution >= 0.6 is 0 Å². The summed E-state index contributed by atoms with van der Waals surface area (Å²) in [5, 5.41) is 3.25. The molecule has 0 aliphatic carbocycles. The number of rotatable bonds is 5. The van der Waals surface area contributed by atoms with E-state index in [-0.39, 0.29) is 0 Å². The van der Waals surface area contributed by atoms with E-state index in [1.807, 2.05) is 6.92 Å². The van der Waals surface area contributed by atoms with Crippen LogP contribution in [0.1, 0.15) is 19.8 Å². The molecule has 0 saturated carbocycles. The molecule has 0 radical (unpaired) electrons. The van der Waals surface area contributed by atoms with Crippen molar-refractivity contribution in [2.45, 2.75) is 19.8 Å². The van der Waals surface area contributed by atoms with E-state index in [1.165, 1.54) is 6.42 Å². The number of aliphatic imine (C=N–C) groups is 1. The fourth-order valence-electron chi connectivity index (χ4n) is 1.20. The highest BCUT2D eigenvalue weighted by Crippen LogP contribution is 2.00. The van der Waals surface area contributed by atoms with Crippen molar-refractivity contribution < 1.29 is 4.74 Å². The van der Waals surface area contributed by atoms with Crippen LogP contribution < -0.4 is 5.32 Å². The van der Waals surface area contributed by atoms with Crippen molar-refractivity contribution >= 4 is 5.84 Å². The van der Waals surface area contributed by atoms with Crippen molar-refractivity contribution in [1.29, 1.82) is 0 Å². The van der Waals surface area contributed by atoms with E-state index in [9.17, 15) is 0 Å². The van der Waals surface area contributed by atoms with Crippen molar-refractivity contribution in [3.8, 4) is 0 Å². The number of ether oxygens (including phenoxy) is 1. The smallest absolute Gasteiger partial charge is 0.0964 e. The Hall–Kier alpha value is -0.830. The van der Waals surface area contributed by atoms with Gasteiger partial charge < -0.3 is 10.1 Å². The number of hydrogen-bond acceptors (Lipinski definition) is 3. The largest absolute Gasteiger partial charge is 0.375 e.